The first-order valence-electron chi connectivity index (χ1n) is 2.87. The van der Waals surface area contributed by atoms with E-state index in [4.69, 9.17) is 16.6 Å². The molecular formula is C5H12N2O2+. The van der Waals surface area contributed by atoms with Crippen molar-refractivity contribution in [1.82, 2.24) is 0 Å². The first kappa shape index (κ1) is 8.39. The molecule has 0 spiro atoms. The van der Waals surface area contributed by atoms with E-state index in [-0.39, 0.29) is 0 Å². The van der Waals surface area contributed by atoms with Gasteiger partial charge in [-0.25, -0.2) is 0 Å². The maximum absolute atomic E-state index is 10.0. The lowest BCUT2D eigenvalue weighted by Gasteiger charge is -2.01. The molecule has 0 fully saturated rings. The Kier molecular flexibility index (Phi) is 4.00. The highest BCUT2D eigenvalue weighted by Crippen LogP contribution is 1.90. The second-order valence-corrected chi connectivity index (χ2v) is 1.88. The molecule has 9 heavy (non-hydrogen) atoms. The third-order valence-electron chi connectivity index (χ3n) is 1.04. The minimum Gasteiger partial charge on any atom is -0.480 e. The van der Waals surface area contributed by atoms with Crippen molar-refractivity contribution in [3.8, 4) is 0 Å². The summed E-state index contributed by atoms with van der Waals surface area (Å²) in [6, 6.07) is -0.742. The van der Waals surface area contributed by atoms with Crippen LogP contribution in [0.3, 0.4) is 0 Å². The molecule has 1 radical (unpaired) electrons. The fourth-order valence-corrected chi connectivity index (χ4v) is 0.461. The monoisotopic (exact) mass is 132 g/mol. The Hall–Kier alpha value is -0.610. The summed E-state index contributed by atoms with van der Waals surface area (Å²) in [7, 11) is 0. The second-order valence-electron chi connectivity index (χ2n) is 1.88. The number of nitrogens with two attached hydrogens (primary N) is 2. The van der Waals surface area contributed by atoms with Crippen LogP contribution in [0.15, 0.2) is 0 Å². The number of carboxylic acids is 1. The van der Waals surface area contributed by atoms with Crippen LogP contribution in [0, 0.1) is 0 Å². The summed E-state index contributed by atoms with van der Waals surface area (Å²) in [6.45, 7) is 0.501. The standard InChI is InChI=1S/C5H12N2O2/c6-3-1-2-4(7)5(8)9/h4H,1-3,6-7H2,(H,8,9)/q+1/t4-/m0/s1. The summed E-state index contributed by atoms with van der Waals surface area (Å²) < 4.78 is 0. The van der Waals surface area contributed by atoms with Gasteiger partial charge in [0.15, 0.2) is 0 Å². The molecule has 0 aromatic carbocycles. The van der Waals surface area contributed by atoms with Gasteiger partial charge in [-0.15, -0.1) is 0 Å². The molecule has 0 aliphatic rings. The van der Waals surface area contributed by atoms with Crippen molar-refractivity contribution in [3.63, 3.8) is 0 Å². The summed E-state index contributed by atoms with van der Waals surface area (Å²) >= 11 is 0. The fourth-order valence-electron chi connectivity index (χ4n) is 0.461. The maximum Gasteiger partial charge on any atom is 0.320 e. The zero-order chi connectivity index (χ0) is 7.28. The lowest BCUT2D eigenvalue weighted by Crippen LogP contribution is -2.50. The molecule has 0 saturated heterocycles. The van der Waals surface area contributed by atoms with Gasteiger partial charge in [-0.1, -0.05) is 0 Å². The predicted octanol–water partition coefficient (Wildman–Crippen LogP) is -1.79. The number of carbonyl (C=O) groups is 1. The molecule has 0 saturated carbocycles. The SMILES string of the molecule is N[C@@H](CCC[NH2+])C(=O)O. The van der Waals surface area contributed by atoms with Gasteiger partial charge in [0.2, 0.25) is 0 Å². The zero-order valence-electron chi connectivity index (χ0n) is 5.21. The molecule has 0 amide bonds. The minimum absolute atomic E-state index is 0.464. The van der Waals surface area contributed by atoms with Crippen molar-refractivity contribution < 1.29 is 15.6 Å². The molecule has 4 nitrogen and oxygen atoms in total. The van der Waals surface area contributed by atoms with Crippen LogP contribution >= 0.6 is 0 Å². The van der Waals surface area contributed by atoms with Gasteiger partial charge in [-0.2, -0.15) is 5.73 Å². The maximum atomic E-state index is 10.0. The number of hydrogen-bond donors (Lipinski definition) is 3. The Morgan fingerprint density at radius 1 is 1.78 bits per heavy atom. The van der Waals surface area contributed by atoms with E-state index in [0.717, 1.165) is 0 Å². The van der Waals surface area contributed by atoms with Crippen LogP contribution in [-0.2, 0) is 4.79 Å². The van der Waals surface area contributed by atoms with Gasteiger partial charge < -0.3 is 10.8 Å². The Bertz CT molecular complexity index is 95.0. The average Bonchev–Trinajstić information content (AvgIpc) is 1.82. The Morgan fingerprint density at radius 3 is 2.67 bits per heavy atom. The van der Waals surface area contributed by atoms with Crippen LogP contribution in [0.5, 0.6) is 0 Å². The molecule has 1 atom stereocenters. The van der Waals surface area contributed by atoms with E-state index in [2.05, 4.69) is 0 Å². The molecule has 0 aliphatic heterocycles. The van der Waals surface area contributed by atoms with Crippen molar-refractivity contribution in [2.75, 3.05) is 6.54 Å². The third kappa shape index (κ3) is 3.93. The molecular weight excluding hydrogens is 120 g/mol. The molecule has 0 aliphatic carbocycles. The average molecular weight is 132 g/mol. The number of carboxylic acid groups (broad SMARTS) is 1. The van der Waals surface area contributed by atoms with Gasteiger partial charge >= 0.3 is 5.97 Å². The van der Waals surface area contributed by atoms with Crippen LogP contribution in [0.2, 0.25) is 0 Å². The second kappa shape index (κ2) is 4.29. The highest BCUT2D eigenvalue weighted by molar-refractivity contribution is 5.72. The largest absolute Gasteiger partial charge is 0.480 e. The van der Waals surface area contributed by atoms with Crippen LogP contribution < -0.4 is 11.5 Å². The molecule has 0 rings (SSSR count). The topological polar surface area (TPSA) is 88.6 Å². The minimum atomic E-state index is -0.955. The predicted molar refractivity (Wildman–Crippen MR) is 31.6 cm³/mol. The van der Waals surface area contributed by atoms with Gasteiger partial charge in [0.25, 0.3) is 0 Å². The number of rotatable bonds is 4. The van der Waals surface area contributed by atoms with Gasteiger partial charge in [0, 0.05) is 6.42 Å². The molecule has 0 aromatic rings. The highest BCUT2D eigenvalue weighted by Gasteiger charge is 2.09. The first-order valence-corrected chi connectivity index (χ1v) is 2.87. The van der Waals surface area contributed by atoms with E-state index >= 15 is 0 Å². The summed E-state index contributed by atoms with van der Waals surface area (Å²) in [5, 5.41) is 8.24. The smallest absolute Gasteiger partial charge is 0.320 e. The van der Waals surface area contributed by atoms with Crippen molar-refractivity contribution in [3.05, 3.63) is 0 Å². The molecule has 0 bridgehead atoms. The molecule has 5 N–H and O–H groups in total. The van der Waals surface area contributed by atoms with Crippen LogP contribution in [-0.4, -0.2) is 23.7 Å². The fraction of sp³-hybridized carbons (Fsp3) is 0.800. The highest BCUT2D eigenvalue weighted by atomic mass is 16.4. The quantitative estimate of drug-likeness (QED) is 0.422. The van der Waals surface area contributed by atoms with Gasteiger partial charge in [0.1, 0.15) is 12.6 Å². The lowest BCUT2D eigenvalue weighted by atomic mass is 10.2. The van der Waals surface area contributed by atoms with Crippen LogP contribution in [0.4, 0.5) is 0 Å². The summed E-state index contributed by atoms with van der Waals surface area (Å²) in [4.78, 5) is 10.0. The van der Waals surface area contributed by atoms with Crippen molar-refractivity contribution in [1.29, 1.82) is 0 Å². The Labute approximate surface area is 53.8 Å². The summed E-state index contributed by atoms with van der Waals surface area (Å²) in [6.07, 6.45) is 1.14. The van der Waals surface area contributed by atoms with E-state index < -0.39 is 12.0 Å². The third-order valence-corrected chi connectivity index (χ3v) is 1.04. The Morgan fingerprint density at radius 2 is 2.33 bits per heavy atom. The molecule has 4 heteroatoms. The van der Waals surface area contributed by atoms with E-state index in [1.165, 1.54) is 0 Å². The zero-order valence-corrected chi connectivity index (χ0v) is 5.21. The van der Waals surface area contributed by atoms with Gasteiger partial charge in [0.05, 0.1) is 0 Å². The molecule has 0 unspecified atom stereocenters. The first-order chi connectivity index (χ1) is 4.18. The van der Waals surface area contributed by atoms with Crippen LogP contribution in [0.1, 0.15) is 12.8 Å². The Balaban J connectivity index is 3.27. The van der Waals surface area contributed by atoms with Crippen molar-refractivity contribution in [2.45, 2.75) is 18.9 Å². The van der Waals surface area contributed by atoms with Gasteiger partial charge in [-0.3, -0.25) is 4.79 Å². The lowest BCUT2D eigenvalue weighted by molar-refractivity contribution is -0.368. The van der Waals surface area contributed by atoms with E-state index in [9.17, 15) is 4.79 Å². The van der Waals surface area contributed by atoms with E-state index in [1.807, 2.05) is 0 Å². The van der Waals surface area contributed by atoms with Crippen molar-refractivity contribution in [2.24, 2.45) is 5.73 Å². The molecule has 0 aromatic heterocycles. The summed E-state index contributed by atoms with van der Waals surface area (Å²) in [5.41, 5.74) is 10.3. The number of aliphatic carboxylic acids is 1. The van der Waals surface area contributed by atoms with Crippen molar-refractivity contribution >= 4 is 5.97 Å². The number of hydrogen-bond acceptors (Lipinski definition) is 3. The normalized spacial score (nSPS) is 13.1. The molecule has 0 heterocycles. The van der Waals surface area contributed by atoms with Gasteiger partial charge in [-0.05, 0) is 6.42 Å². The van der Waals surface area contributed by atoms with Crippen LogP contribution in [0.25, 0.3) is 0 Å². The summed E-state index contributed by atoms with van der Waals surface area (Å²) in [5.74, 6) is -0.955. The van der Waals surface area contributed by atoms with E-state index in [1.54, 1.807) is 0 Å². The molecule has 53 valence electrons. The van der Waals surface area contributed by atoms with E-state index in [0.29, 0.717) is 19.4 Å².